The van der Waals surface area contributed by atoms with E-state index in [1.165, 1.54) is 6.92 Å². The van der Waals surface area contributed by atoms with Crippen LogP contribution in [-0.2, 0) is 15.6 Å². The van der Waals surface area contributed by atoms with Crippen molar-refractivity contribution in [3.63, 3.8) is 0 Å². The molecule has 0 amide bonds. The second-order valence-corrected chi connectivity index (χ2v) is 4.54. The van der Waals surface area contributed by atoms with Gasteiger partial charge in [0.15, 0.2) is 0 Å². The molecular weight excluding hydrogens is 212 g/mol. The first kappa shape index (κ1) is 11.7. The van der Waals surface area contributed by atoms with Crippen LogP contribution in [0, 0.1) is 0 Å². The van der Waals surface area contributed by atoms with Gasteiger partial charge in [0.25, 0.3) is 0 Å². The molecule has 0 aliphatic heterocycles. The second-order valence-electron chi connectivity index (χ2n) is 3.16. The minimum Gasteiger partial charge on any atom is -0.478 e. The molecule has 1 aromatic carbocycles. The van der Waals surface area contributed by atoms with E-state index in [2.05, 4.69) is 0 Å². The van der Waals surface area contributed by atoms with Gasteiger partial charge in [-0.2, -0.15) is 0 Å². The first-order valence-electron chi connectivity index (χ1n) is 4.36. The zero-order valence-electron chi connectivity index (χ0n) is 8.56. The van der Waals surface area contributed by atoms with Gasteiger partial charge < -0.3 is 5.11 Å². The number of hydrogen-bond acceptors (Lipinski definition) is 2. The molecule has 1 N–H and O–H groups in total. The third-order valence-corrected chi connectivity index (χ3v) is 2.87. The summed E-state index contributed by atoms with van der Waals surface area (Å²) in [6.07, 6.45) is 3.18. The van der Waals surface area contributed by atoms with Crippen molar-refractivity contribution in [2.75, 3.05) is 6.26 Å². The predicted octanol–water partition coefficient (Wildman–Crippen LogP) is 1.91. The minimum atomic E-state index is -0.996. The summed E-state index contributed by atoms with van der Waals surface area (Å²) in [6, 6.07) is 6.97. The Morgan fingerprint density at radius 1 is 1.33 bits per heavy atom. The summed E-state index contributed by atoms with van der Waals surface area (Å²) in [5.74, 6) is -0.932. The lowest BCUT2D eigenvalue weighted by Gasteiger charge is -1.98. The van der Waals surface area contributed by atoms with Crippen LogP contribution in [0.3, 0.4) is 0 Å². The maximum absolute atomic E-state index is 11.1. The molecule has 0 aliphatic rings. The first-order valence-corrected chi connectivity index (χ1v) is 5.91. The lowest BCUT2D eigenvalue weighted by molar-refractivity contribution is -0.132. The third kappa shape index (κ3) is 3.32. The fourth-order valence-electron chi connectivity index (χ4n) is 1.07. The van der Waals surface area contributed by atoms with E-state index in [0.29, 0.717) is 0 Å². The third-order valence-electron chi connectivity index (χ3n) is 1.93. The Morgan fingerprint density at radius 2 is 1.87 bits per heavy atom. The van der Waals surface area contributed by atoms with E-state index >= 15 is 0 Å². The van der Waals surface area contributed by atoms with E-state index in [-0.39, 0.29) is 5.57 Å². The Bertz CT molecular complexity index is 418. The minimum absolute atomic E-state index is 0.278. The highest BCUT2D eigenvalue weighted by atomic mass is 32.2. The van der Waals surface area contributed by atoms with Crippen LogP contribution in [0.1, 0.15) is 12.5 Å². The Balaban J connectivity index is 2.95. The molecule has 80 valence electrons. The molecule has 0 bridgehead atoms. The first-order chi connectivity index (χ1) is 7.00. The van der Waals surface area contributed by atoms with Crippen molar-refractivity contribution in [1.82, 2.24) is 0 Å². The summed E-state index contributed by atoms with van der Waals surface area (Å²) in [4.78, 5) is 11.3. The molecule has 0 saturated heterocycles. The Morgan fingerprint density at radius 3 is 2.27 bits per heavy atom. The standard InChI is InChI=1S/C11H12O3S/c1-8(11(12)13)7-9-3-5-10(6-4-9)15(2)14/h3-7H,1-2H3,(H,12,13)/b8-7+. The maximum atomic E-state index is 11.1. The molecule has 1 aromatic rings. The molecule has 0 spiro atoms. The molecule has 0 aliphatic carbocycles. The molecule has 0 fully saturated rings. The number of carboxylic acid groups (broad SMARTS) is 1. The highest BCUT2D eigenvalue weighted by molar-refractivity contribution is 7.84. The van der Waals surface area contributed by atoms with Gasteiger partial charge in [0.05, 0.1) is 0 Å². The molecule has 4 heteroatoms. The van der Waals surface area contributed by atoms with Gasteiger partial charge in [-0.15, -0.1) is 0 Å². The Hall–Kier alpha value is -1.42. The Kier molecular flexibility index (Phi) is 3.80. The molecule has 1 unspecified atom stereocenters. The van der Waals surface area contributed by atoms with Gasteiger partial charge in [-0.1, -0.05) is 12.1 Å². The van der Waals surface area contributed by atoms with Crippen LogP contribution < -0.4 is 0 Å². The van der Waals surface area contributed by atoms with Crippen LogP contribution in [0.2, 0.25) is 0 Å². The Labute approximate surface area is 90.9 Å². The van der Waals surface area contributed by atoms with Crippen molar-refractivity contribution in [3.05, 3.63) is 35.4 Å². The molecule has 1 rings (SSSR count). The van der Waals surface area contributed by atoms with E-state index in [9.17, 15) is 9.00 Å². The average Bonchev–Trinajstić information content (AvgIpc) is 2.18. The quantitative estimate of drug-likeness (QED) is 0.798. The van der Waals surface area contributed by atoms with Crippen molar-refractivity contribution >= 4 is 22.8 Å². The van der Waals surface area contributed by atoms with Gasteiger partial charge in [-0.25, -0.2) is 4.79 Å². The van der Waals surface area contributed by atoms with Crippen LogP contribution in [0.15, 0.2) is 34.7 Å². The highest BCUT2D eigenvalue weighted by Gasteiger charge is 2.00. The van der Waals surface area contributed by atoms with Crippen LogP contribution in [0.25, 0.3) is 6.08 Å². The summed E-state index contributed by atoms with van der Waals surface area (Å²) in [6.45, 7) is 1.54. The topological polar surface area (TPSA) is 54.4 Å². The molecule has 1 atom stereocenters. The zero-order valence-corrected chi connectivity index (χ0v) is 9.38. The van der Waals surface area contributed by atoms with Gasteiger partial charge >= 0.3 is 5.97 Å². The van der Waals surface area contributed by atoms with Crippen molar-refractivity contribution in [2.24, 2.45) is 0 Å². The zero-order chi connectivity index (χ0) is 11.4. The summed E-state index contributed by atoms with van der Waals surface area (Å²) >= 11 is 0. The summed E-state index contributed by atoms with van der Waals surface area (Å²) in [5.41, 5.74) is 1.07. The lowest BCUT2D eigenvalue weighted by Crippen LogP contribution is -1.95. The molecule has 15 heavy (non-hydrogen) atoms. The highest BCUT2D eigenvalue weighted by Crippen LogP contribution is 2.11. The van der Waals surface area contributed by atoms with Crippen molar-refractivity contribution in [3.8, 4) is 0 Å². The van der Waals surface area contributed by atoms with Crippen LogP contribution >= 0.6 is 0 Å². The van der Waals surface area contributed by atoms with Gasteiger partial charge in [0, 0.05) is 27.5 Å². The molecule has 0 aromatic heterocycles. The van der Waals surface area contributed by atoms with E-state index in [4.69, 9.17) is 5.11 Å². The van der Waals surface area contributed by atoms with E-state index in [0.717, 1.165) is 10.5 Å². The van der Waals surface area contributed by atoms with Crippen molar-refractivity contribution < 1.29 is 14.1 Å². The monoisotopic (exact) mass is 224 g/mol. The number of aliphatic carboxylic acids is 1. The van der Waals surface area contributed by atoms with Gasteiger partial charge in [-0.05, 0) is 30.7 Å². The number of hydrogen-bond donors (Lipinski definition) is 1. The smallest absolute Gasteiger partial charge is 0.331 e. The maximum Gasteiger partial charge on any atom is 0.331 e. The molecule has 0 saturated carbocycles. The number of carbonyl (C=O) groups is 1. The van der Waals surface area contributed by atoms with Crippen molar-refractivity contribution in [2.45, 2.75) is 11.8 Å². The van der Waals surface area contributed by atoms with E-state index < -0.39 is 16.8 Å². The van der Waals surface area contributed by atoms with Gasteiger partial charge in [-0.3, -0.25) is 4.21 Å². The number of carboxylic acids is 1. The van der Waals surface area contributed by atoms with Gasteiger partial charge in [0.2, 0.25) is 0 Å². The fourth-order valence-corrected chi connectivity index (χ4v) is 1.59. The molecule has 0 radical (unpaired) electrons. The van der Waals surface area contributed by atoms with Crippen LogP contribution in [-0.4, -0.2) is 21.5 Å². The second kappa shape index (κ2) is 4.89. The van der Waals surface area contributed by atoms with Crippen LogP contribution in [0.4, 0.5) is 0 Å². The predicted molar refractivity (Wildman–Crippen MR) is 60.1 cm³/mol. The lowest BCUT2D eigenvalue weighted by atomic mass is 10.1. The number of benzene rings is 1. The normalized spacial score (nSPS) is 13.6. The SMILES string of the molecule is C/C(=C\c1ccc(S(C)=O)cc1)C(=O)O. The molecule has 3 nitrogen and oxygen atoms in total. The van der Waals surface area contributed by atoms with E-state index in [1.54, 1.807) is 36.6 Å². The van der Waals surface area contributed by atoms with Gasteiger partial charge in [0.1, 0.15) is 0 Å². The van der Waals surface area contributed by atoms with E-state index in [1.807, 2.05) is 0 Å². The average molecular weight is 224 g/mol. The summed E-state index contributed by atoms with van der Waals surface area (Å²) < 4.78 is 11.1. The number of rotatable bonds is 3. The fraction of sp³-hybridized carbons (Fsp3) is 0.182. The van der Waals surface area contributed by atoms with Crippen molar-refractivity contribution in [1.29, 1.82) is 0 Å². The summed E-state index contributed by atoms with van der Waals surface area (Å²) in [7, 11) is -0.996. The summed E-state index contributed by atoms with van der Waals surface area (Å²) in [5, 5.41) is 8.67. The molecular formula is C11H12O3S. The van der Waals surface area contributed by atoms with Crippen LogP contribution in [0.5, 0.6) is 0 Å². The molecule has 0 heterocycles. The largest absolute Gasteiger partial charge is 0.478 e.